The first-order valence-corrected chi connectivity index (χ1v) is 7.95. The summed E-state index contributed by atoms with van der Waals surface area (Å²) in [6, 6.07) is 7.52. The molecular weight excluding hydrogens is 292 g/mol. The minimum atomic E-state index is -0.157. The number of likely N-dealkylation sites (tertiary alicyclic amines) is 1. The zero-order chi connectivity index (χ0) is 13.9. The van der Waals surface area contributed by atoms with Gasteiger partial charge in [0.2, 0.25) is 0 Å². The molecule has 0 aliphatic carbocycles. The third-order valence-electron chi connectivity index (χ3n) is 3.43. The second-order valence-corrected chi connectivity index (χ2v) is 6.30. The molecule has 1 amide bonds. The minimum Gasteiger partial charge on any atom is -0.351 e. The molecule has 2 aliphatic rings. The van der Waals surface area contributed by atoms with Gasteiger partial charge in [0.1, 0.15) is 0 Å². The van der Waals surface area contributed by atoms with Crippen molar-refractivity contribution >= 4 is 40.5 Å². The summed E-state index contributed by atoms with van der Waals surface area (Å²) in [5.41, 5.74) is 0.861. The molecule has 1 fully saturated rings. The highest BCUT2D eigenvalue weighted by Gasteiger charge is 2.26. The Morgan fingerprint density at radius 1 is 1.20 bits per heavy atom. The van der Waals surface area contributed by atoms with Gasteiger partial charge in [-0.3, -0.25) is 4.79 Å². The SMILES string of the molecule is O=C1N=C(N2CCCCC2)S/C1=C\c1ccccc1Cl. The summed E-state index contributed by atoms with van der Waals surface area (Å²) in [5, 5.41) is 1.49. The van der Waals surface area contributed by atoms with E-state index in [4.69, 9.17) is 11.6 Å². The van der Waals surface area contributed by atoms with Crippen LogP contribution in [0.3, 0.4) is 0 Å². The maximum atomic E-state index is 12.0. The third kappa shape index (κ3) is 2.91. The van der Waals surface area contributed by atoms with Crippen molar-refractivity contribution in [1.82, 2.24) is 4.90 Å². The van der Waals surface area contributed by atoms with Crippen molar-refractivity contribution in [2.24, 2.45) is 4.99 Å². The Balaban J connectivity index is 1.78. The van der Waals surface area contributed by atoms with Crippen molar-refractivity contribution in [3.63, 3.8) is 0 Å². The van der Waals surface area contributed by atoms with Crippen LogP contribution in [0.5, 0.6) is 0 Å². The maximum absolute atomic E-state index is 12.0. The summed E-state index contributed by atoms with van der Waals surface area (Å²) in [6.45, 7) is 2.00. The van der Waals surface area contributed by atoms with E-state index in [-0.39, 0.29) is 5.91 Å². The fourth-order valence-electron chi connectivity index (χ4n) is 2.35. The van der Waals surface area contributed by atoms with Gasteiger partial charge in [0.15, 0.2) is 5.17 Å². The van der Waals surface area contributed by atoms with E-state index in [1.54, 1.807) is 0 Å². The fraction of sp³-hybridized carbons (Fsp3) is 0.333. The number of aliphatic imine (C=N–C) groups is 1. The predicted octanol–water partition coefficient (Wildman–Crippen LogP) is 3.80. The van der Waals surface area contributed by atoms with Crippen molar-refractivity contribution in [2.75, 3.05) is 13.1 Å². The number of piperidine rings is 1. The van der Waals surface area contributed by atoms with Crippen LogP contribution in [-0.2, 0) is 4.79 Å². The smallest absolute Gasteiger partial charge is 0.286 e. The Morgan fingerprint density at radius 2 is 1.95 bits per heavy atom. The summed E-state index contributed by atoms with van der Waals surface area (Å²) in [7, 11) is 0. The van der Waals surface area contributed by atoms with Crippen LogP contribution in [0.25, 0.3) is 6.08 Å². The predicted molar refractivity (Wildman–Crippen MR) is 84.9 cm³/mol. The molecule has 0 bridgehead atoms. The zero-order valence-electron chi connectivity index (χ0n) is 11.0. The molecule has 0 unspecified atom stereocenters. The van der Waals surface area contributed by atoms with Gasteiger partial charge in [-0.05, 0) is 48.7 Å². The Labute approximate surface area is 127 Å². The molecule has 20 heavy (non-hydrogen) atoms. The first kappa shape index (κ1) is 13.7. The van der Waals surface area contributed by atoms with Crippen LogP contribution in [0, 0.1) is 0 Å². The first-order valence-electron chi connectivity index (χ1n) is 6.76. The lowest BCUT2D eigenvalue weighted by molar-refractivity contribution is -0.113. The topological polar surface area (TPSA) is 32.7 Å². The van der Waals surface area contributed by atoms with Gasteiger partial charge in [-0.1, -0.05) is 29.8 Å². The van der Waals surface area contributed by atoms with E-state index in [2.05, 4.69) is 9.89 Å². The first-order chi connectivity index (χ1) is 9.74. The highest BCUT2D eigenvalue weighted by atomic mass is 35.5. The number of halogens is 1. The van der Waals surface area contributed by atoms with Crippen LogP contribution in [0.15, 0.2) is 34.2 Å². The number of hydrogen-bond acceptors (Lipinski definition) is 3. The average molecular weight is 307 g/mol. The number of carbonyl (C=O) groups excluding carboxylic acids is 1. The lowest BCUT2D eigenvalue weighted by Crippen LogP contribution is -2.33. The Kier molecular flexibility index (Phi) is 4.13. The number of thioether (sulfide) groups is 1. The summed E-state index contributed by atoms with van der Waals surface area (Å²) in [6.07, 6.45) is 5.45. The number of amidine groups is 1. The molecule has 3 nitrogen and oxygen atoms in total. The van der Waals surface area contributed by atoms with Gasteiger partial charge in [0.05, 0.1) is 4.91 Å². The third-order valence-corrected chi connectivity index (χ3v) is 4.82. The highest BCUT2D eigenvalue weighted by Crippen LogP contribution is 2.32. The van der Waals surface area contributed by atoms with Gasteiger partial charge in [0.25, 0.3) is 5.91 Å². The number of amides is 1. The lowest BCUT2D eigenvalue weighted by atomic mass is 10.1. The number of carbonyl (C=O) groups is 1. The van der Waals surface area contributed by atoms with E-state index in [9.17, 15) is 4.79 Å². The zero-order valence-corrected chi connectivity index (χ0v) is 12.6. The molecule has 1 aromatic rings. The summed E-state index contributed by atoms with van der Waals surface area (Å²) in [4.78, 5) is 19.0. The van der Waals surface area contributed by atoms with E-state index >= 15 is 0 Å². The normalized spacial score (nSPS) is 21.4. The molecule has 0 radical (unpaired) electrons. The van der Waals surface area contributed by atoms with Crippen LogP contribution >= 0.6 is 23.4 Å². The highest BCUT2D eigenvalue weighted by molar-refractivity contribution is 8.18. The molecule has 0 atom stereocenters. The van der Waals surface area contributed by atoms with Gasteiger partial charge in [-0.2, -0.15) is 4.99 Å². The van der Waals surface area contributed by atoms with Gasteiger partial charge < -0.3 is 4.90 Å². The van der Waals surface area contributed by atoms with E-state index in [1.807, 2.05) is 30.3 Å². The summed E-state index contributed by atoms with van der Waals surface area (Å²) in [5.74, 6) is -0.157. The number of benzene rings is 1. The van der Waals surface area contributed by atoms with E-state index in [1.165, 1.54) is 31.0 Å². The molecule has 0 aromatic heterocycles. The number of nitrogens with zero attached hydrogens (tertiary/aromatic N) is 2. The molecule has 1 saturated heterocycles. The molecule has 104 valence electrons. The minimum absolute atomic E-state index is 0.157. The molecule has 2 aliphatic heterocycles. The van der Waals surface area contributed by atoms with Crippen LogP contribution < -0.4 is 0 Å². The molecule has 0 N–H and O–H groups in total. The largest absolute Gasteiger partial charge is 0.351 e. The molecule has 5 heteroatoms. The van der Waals surface area contributed by atoms with Crippen molar-refractivity contribution in [3.05, 3.63) is 39.8 Å². The maximum Gasteiger partial charge on any atom is 0.286 e. The second kappa shape index (κ2) is 6.02. The Morgan fingerprint density at radius 3 is 2.70 bits per heavy atom. The number of hydrogen-bond donors (Lipinski definition) is 0. The van der Waals surface area contributed by atoms with Crippen molar-refractivity contribution in [2.45, 2.75) is 19.3 Å². The quantitative estimate of drug-likeness (QED) is 0.740. The molecule has 0 spiro atoms. The molecule has 1 aromatic carbocycles. The van der Waals surface area contributed by atoms with Crippen molar-refractivity contribution in [3.8, 4) is 0 Å². The monoisotopic (exact) mass is 306 g/mol. The van der Waals surface area contributed by atoms with Gasteiger partial charge in [0, 0.05) is 18.1 Å². The van der Waals surface area contributed by atoms with Crippen LogP contribution in [-0.4, -0.2) is 29.1 Å². The standard InChI is InChI=1S/C15H15ClN2OS/c16-12-7-3-2-6-11(12)10-13-14(19)17-15(20-13)18-8-4-1-5-9-18/h2-3,6-7,10H,1,4-5,8-9H2/b13-10-. The molecular formula is C15H15ClN2OS. The average Bonchev–Trinajstić information content (AvgIpc) is 2.84. The van der Waals surface area contributed by atoms with Crippen LogP contribution in [0.1, 0.15) is 24.8 Å². The second-order valence-electron chi connectivity index (χ2n) is 4.88. The fourth-order valence-corrected chi connectivity index (χ4v) is 3.50. The van der Waals surface area contributed by atoms with Gasteiger partial charge in [-0.25, -0.2) is 0 Å². The summed E-state index contributed by atoms with van der Waals surface area (Å²) < 4.78 is 0. The van der Waals surface area contributed by atoms with Crippen LogP contribution in [0.4, 0.5) is 0 Å². The van der Waals surface area contributed by atoms with Crippen LogP contribution in [0.2, 0.25) is 5.02 Å². The van der Waals surface area contributed by atoms with E-state index in [0.717, 1.165) is 23.8 Å². The van der Waals surface area contributed by atoms with Crippen molar-refractivity contribution in [1.29, 1.82) is 0 Å². The molecule has 0 saturated carbocycles. The van der Waals surface area contributed by atoms with Gasteiger partial charge in [-0.15, -0.1) is 0 Å². The molecule has 2 heterocycles. The Bertz CT molecular complexity index is 591. The van der Waals surface area contributed by atoms with Crippen molar-refractivity contribution < 1.29 is 4.79 Å². The van der Waals surface area contributed by atoms with E-state index in [0.29, 0.717) is 9.93 Å². The lowest BCUT2D eigenvalue weighted by Gasteiger charge is -2.27. The summed E-state index contributed by atoms with van der Waals surface area (Å²) >= 11 is 7.58. The van der Waals surface area contributed by atoms with E-state index < -0.39 is 0 Å². The van der Waals surface area contributed by atoms with Gasteiger partial charge >= 0.3 is 0 Å². The number of rotatable bonds is 1. The molecule has 3 rings (SSSR count). The Hall–Kier alpha value is -1.26.